The lowest BCUT2D eigenvalue weighted by molar-refractivity contribution is 1.12. The number of hydrogen-bond acceptors (Lipinski definition) is 3. The van der Waals surface area contributed by atoms with Crippen molar-refractivity contribution >= 4 is 16.6 Å². The van der Waals surface area contributed by atoms with E-state index >= 15 is 0 Å². The van der Waals surface area contributed by atoms with E-state index in [1.54, 1.807) is 13.2 Å². The lowest BCUT2D eigenvalue weighted by Crippen LogP contribution is -1.67. The Labute approximate surface area is 69.3 Å². The molecule has 2 rings (SSSR count). The van der Waals surface area contributed by atoms with E-state index in [2.05, 4.69) is 20.4 Å². The van der Waals surface area contributed by atoms with E-state index in [1.165, 1.54) is 0 Å². The van der Waals surface area contributed by atoms with Crippen molar-refractivity contribution in [2.24, 2.45) is 10.2 Å². The number of benzene rings is 1. The van der Waals surface area contributed by atoms with E-state index < -0.39 is 0 Å². The predicted octanol–water partition coefficient (Wildman–Crippen LogP) is 2.28. The molecule has 2 aromatic rings. The average molecular weight is 160 g/mol. The van der Waals surface area contributed by atoms with E-state index in [-0.39, 0.29) is 0 Å². The molecule has 0 saturated heterocycles. The molecule has 0 saturated carbocycles. The third-order valence-electron chi connectivity index (χ3n) is 1.67. The summed E-state index contributed by atoms with van der Waals surface area (Å²) in [6.07, 6.45) is 1.75. The van der Waals surface area contributed by atoms with Crippen LogP contribution in [0.2, 0.25) is 0 Å². The summed E-state index contributed by atoms with van der Waals surface area (Å²) in [6, 6.07) is 5.78. The number of rotatable bonds is 1. The molecule has 0 fully saturated rings. The lowest BCUT2D eigenvalue weighted by Gasteiger charge is -1.91. The van der Waals surface area contributed by atoms with Gasteiger partial charge in [-0.15, -0.1) is 0 Å². The molecule has 1 N–H and O–H groups in total. The number of azo groups is 1. The number of fused-ring (bicyclic) bond motifs is 1. The molecule has 4 nitrogen and oxygen atoms in total. The molecule has 0 radical (unpaired) electrons. The Kier molecular flexibility index (Phi) is 1.59. The van der Waals surface area contributed by atoms with Crippen LogP contribution in [-0.2, 0) is 0 Å². The van der Waals surface area contributed by atoms with Crippen LogP contribution in [0, 0.1) is 0 Å². The number of hydrogen-bond donors (Lipinski definition) is 1. The van der Waals surface area contributed by atoms with Crippen molar-refractivity contribution in [1.29, 1.82) is 0 Å². The highest BCUT2D eigenvalue weighted by molar-refractivity contribution is 5.88. The first-order chi connectivity index (χ1) is 5.92. The summed E-state index contributed by atoms with van der Waals surface area (Å²) in [5.74, 6) is 0. The van der Waals surface area contributed by atoms with Gasteiger partial charge in [-0.1, -0.05) is 6.07 Å². The smallest absolute Gasteiger partial charge is 0.0962 e. The Morgan fingerprint density at radius 3 is 3.17 bits per heavy atom. The zero-order valence-electron chi connectivity index (χ0n) is 6.65. The monoisotopic (exact) mass is 160 g/mol. The molecule has 1 aromatic heterocycles. The van der Waals surface area contributed by atoms with Crippen LogP contribution in [0.15, 0.2) is 34.6 Å². The minimum atomic E-state index is 0.851. The third-order valence-corrected chi connectivity index (χ3v) is 1.67. The van der Waals surface area contributed by atoms with E-state index in [4.69, 9.17) is 0 Å². The van der Waals surface area contributed by atoms with Crippen molar-refractivity contribution in [2.75, 3.05) is 7.05 Å². The second-order valence-electron chi connectivity index (χ2n) is 2.41. The van der Waals surface area contributed by atoms with Gasteiger partial charge in [-0.05, 0) is 12.1 Å². The molecule has 0 spiro atoms. The molecule has 1 heterocycles. The van der Waals surface area contributed by atoms with E-state index in [0.717, 1.165) is 16.6 Å². The normalized spacial score (nSPS) is 11.4. The molecule has 0 atom stereocenters. The van der Waals surface area contributed by atoms with Crippen LogP contribution in [0.5, 0.6) is 0 Å². The second-order valence-corrected chi connectivity index (χ2v) is 2.41. The van der Waals surface area contributed by atoms with Gasteiger partial charge in [0.05, 0.1) is 17.4 Å². The second kappa shape index (κ2) is 2.73. The zero-order valence-corrected chi connectivity index (χ0v) is 6.65. The summed E-state index contributed by atoms with van der Waals surface area (Å²) in [5, 5.41) is 15.5. The first kappa shape index (κ1) is 6.97. The van der Waals surface area contributed by atoms with Crippen LogP contribution in [0.3, 0.4) is 0 Å². The van der Waals surface area contributed by atoms with Crippen LogP contribution in [0.1, 0.15) is 0 Å². The maximum atomic E-state index is 3.97. The van der Waals surface area contributed by atoms with Gasteiger partial charge in [0.1, 0.15) is 0 Å². The number of aromatic amines is 1. The van der Waals surface area contributed by atoms with E-state index in [9.17, 15) is 0 Å². The van der Waals surface area contributed by atoms with Crippen LogP contribution in [0.4, 0.5) is 5.69 Å². The molecule has 0 aliphatic rings. The number of nitrogens with one attached hydrogen (secondary N) is 1. The van der Waals surface area contributed by atoms with Crippen LogP contribution in [-0.4, -0.2) is 17.2 Å². The predicted molar refractivity (Wildman–Crippen MR) is 46.5 cm³/mol. The van der Waals surface area contributed by atoms with Gasteiger partial charge in [0.15, 0.2) is 0 Å². The Balaban J connectivity index is 2.73. The molecule has 0 amide bonds. The fourth-order valence-electron chi connectivity index (χ4n) is 1.15. The van der Waals surface area contributed by atoms with Crippen LogP contribution in [0.25, 0.3) is 10.9 Å². The quantitative estimate of drug-likeness (QED) is 0.639. The topological polar surface area (TPSA) is 53.4 Å². The Hall–Kier alpha value is -1.71. The van der Waals surface area contributed by atoms with Gasteiger partial charge in [-0.3, -0.25) is 5.10 Å². The molecule has 60 valence electrons. The van der Waals surface area contributed by atoms with Gasteiger partial charge >= 0.3 is 0 Å². The Morgan fingerprint density at radius 2 is 2.33 bits per heavy atom. The van der Waals surface area contributed by atoms with Gasteiger partial charge in [-0.2, -0.15) is 15.3 Å². The number of aromatic nitrogens is 2. The summed E-state index contributed by atoms with van der Waals surface area (Å²) in [5.41, 5.74) is 1.84. The zero-order chi connectivity index (χ0) is 8.39. The SMILES string of the molecule is CN=Nc1cccc2[nH]ncc12. The molecular formula is C8H8N4. The largest absolute Gasteiger partial charge is 0.278 e. The van der Waals surface area contributed by atoms with Gasteiger partial charge in [-0.25, -0.2) is 0 Å². The first-order valence-corrected chi connectivity index (χ1v) is 3.64. The Bertz CT molecular complexity index is 416. The highest BCUT2D eigenvalue weighted by Gasteiger charge is 1.99. The molecule has 0 unspecified atom stereocenters. The van der Waals surface area contributed by atoms with Crippen molar-refractivity contribution in [3.05, 3.63) is 24.4 Å². The summed E-state index contributed by atoms with van der Waals surface area (Å²) in [4.78, 5) is 0. The van der Waals surface area contributed by atoms with Gasteiger partial charge < -0.3 is 0 Å². The fraction of sp³-hybridized carbons (Fsp3) is 0.125. The van der Waals surface area contributed by atoms with Gasteiger partial charge in [0.2, 0.25) is 0 Å². The Morgan fingerprint density at radius 1 is 1.42 bits per heavy atom. The van der Waals surface area contributed by atoms with Crippen molar-refractivity contribution < 1.29 is 0 Å². The average Bonchev–Trinajstić information content (AvgIpc) is 2.53. The molecule has 1 aromatic carbocycles. The number of nitrogens with zero attached hydrogens (tertiary/aromatic N) is 3. The molecular weight excluding hydrogens is 152 g/mol. The summed E-state index contributed by atoms with van der Waals surface area (Å²) >= 11 is 0. The van der Waals surface area contributed by atoms with Gasteiger partial charge in [0.25, 0.3) is 0 Å². The first-order valence-electron chi connectivity index (χ1n) is 3.64. The molecule has 0 aliphatic heterocycles. The maximum absolute atomic E-state index is 3.97. The minimum absolute atomic E-state index is 0.851. The summed E-state index contributed by atoms with van der Waals surface area (Å²) < 4.78 is 0. The molecule has 4 heteroatoms. The summed E-state index contributed by atoms with van der Waals surface area (Å²) in [7, 11) is 1.65. The maximum Gasteiger partial charge on any atom is 0.0962 e. The molecule has 0 aliphatic carbocycles. The minimum Gasteiger partial charge on any atom is -0.278 e. The summed E-state index contributed by atoms with van der Waals surface area (Å²) in [6.45, 7) is 0. The van der Waals surface area contributed by atoms with Crippen LogP contribution >= 0.6 is 0 Å². The highest BCUT2D eigenvalue weighted by Crippen LogP contribution is 2.23. The lowest BCUT2D eigenvalue weighted by atomic mass is 10.2. The van der Waals surface area contributed by atoms with Crippen molar-refractivity contribution in [2.45, 2.75) is 0 Å². The van der Waals surface area contributed by atoms with Crippen molar-refractivity contribution in [3.8, 4) is 0 Å². The molecule has 12 heavy (non-hydrogen) atoms. The number of H-pyrrole nitrogens is 1. The van der Waals surface area contributed by atoms with Crippen molar-refractivity contribution in [1.82, 2.24) is 10.2 Å². The standard InChI is InChI=1S/C8H8N4/c1-9-11-7-3-2-4-8-6(7)5-10-12-8/h2-5H,1H3,(H,10,12). The highest BCUT2D eigenvalue weighted by atomic mass is 15.1. The van der Waals surface area contributed by atoms with Crippen LogP contribution < -0.4 is 0 Å². The van der Waals surface area contributed by atoms with Crippen molar-refractivity contribution in [3.63, 3.8) is 0 Å². The van der Waals surface area contributed by atoms with Gasteiger partial charge in [0, 0.05) is 12.4 Å². The molecule has 0 bridgehead atoms. The third kappa shape index (κ3) is 0.972. The van der Waals surface area contributed by atoms with E-state index in [0.29, 0.717) is 0 Å². The van der Waals surface area contributed by atoms with E-state index in [1.807, 2.05) is 18.2 Å². The fourth-order valence-corrected chi connectivity index (χ4v) is 1.15.